The van der Waals surface area contributed by atoms with Gasteiger partial charge in [-0.05, 0) is 60.8 Å². The Morgan fingerprint density at radius 3 is 1.56 bits per heavy atom. The standard InChI is InChI=1S/C37H68N2O9/c1-36(2,3)47-34(43)22-20-18-16-14-12-10-8-7-9-11-13-15-17-19-21-33(42)39-31(35(44)48-37(4,5)6)23-24-32(41)38-25-27-45-29-30-46-28-26-40/h26,31H,7-25,27-30H2,1-6H3,(H,38,41)(H,39,42)/t31-/m0/s1. The van der Waals surface area contributed by atoms with Crippen molar-refractivity contribution in [3.05, 3.63) is 0 Å². The number of carbonyl (C=O) groups excluding carboxylic acids is 5. The van der Waals surface area contributed by atoms with Crippen molar-refractivity contribution < 1.29 is 42.9 Å². The molecule has 0 aromatic heterocycles. The number of amides is 2. The highest BCUT2D eigenvalue weighted by atomic mass is 16.6. The van der Waals surface area contributed by atoms with E-state index in [0.29, 0.717) is 45.5 Å². The number of aldehydes is 1. The molecular weight excluding hydrogens is 616 g/mol. The van der Waals surface area contributed by atoms with Gasteiger partial charge < -0.3 is 34.4 Å². The zero-order chi connectivity index (χ0) is 36.1. The van der Waals surface area contributed by atoms with E-state index in [9.17, 15) is 24.0 Å². The number of hydrogen-bond acceptors (Lipinski definition) is 9. The summed E-state index contributed by atoms with van der Waals surface area (Å²) in [5, 5.41) is 5.52. The number of rotatable bonds is 30. The molecule has 1 atom stereocenters. The molecule has 0 heterocycles. The minimum atomic E-state index is -0.891. The molecule has 48 heavy (non-hydrogen) atoms. The van der Waals surface area contributed by atoms with Crippen molar-refractivity contribution in [2.24, 2.45) is 0 Å². The lowest BCUT2D eigenvalue weighted by Crippen LogP contribution is -2.44. The van der Waals surface area contributed by atoms with Crippen LogP contribution in [0.2, 0.25) is 0 Å². The molecule has 0 fully saturated rings. The van der Waals surface area contributed by atoms with Crippen LogP contribution in [0.4, 0.5) is 0 Å². The van der Waals surface area contributed by atoms with Gasteiger partial charge in [0, 0.05) is 25.8 Å². The van der Waals surface area contributed by atoms with Crippen LogP contribution in [0.5, 0.6) is 0 Å². The van der Waals surface area contributed by atoms with Crippen molar-refractivity contribution in [1.82, 2.24) is 10.6 Å². The van der Waals surface area contributed by atoms with Crippen LogP contribution in [0.25, 0.3) is 0 Å². The number of esters is 2. The molecule has 0 bridgehead atoms. The van der Waals surface area contributed by atoms with E-state index in [0.717, 1.165) is 38.5 Å². The van der Waals surface area contributed by atoms with Gasteiger partial charge in [0.25, 0.3) is 0 Å². The summed E-state index contributed by atoms with van der Waals surface area (Å²) < 4.78 is 21.1. The van der Waals surface area contributed by atoms with Crippen molar-refractivity contribution in [2.75, 3.05) is 33.0 Å². The van der Waals surface area contributed by atoms with E-state index >= 15 is 0 Å². The highest BCUT2D eigenvalue weighted by Crippen LogP contribution is 2.16. The molecule has 0 saturated carbocycles. The Morgan fingerprint density at radius 2 is 1.06 bits per heavy atom. The summed E-state index contributed by atoms with van der Waals surface area (Å²) in [5.74, 6) is -1.09. The molecule has 11 nitrogen and oxygen atoms in total. The van der Waals surface area contributed by atoms with Crippen molar-refractivity contribution in [1.29, 1.82) is 0 Å². The number of unbranched alkanes of at least 4 members (excludes halogenated alkanes) is 13. The normalized spacial score (nSPS) is 12.3. The van der Waals surface area contributed by atoms with E-state index < -0.39 is 23.2 Å². The topological polar surface area (TPSA) is 146 Å². The second-order valence-electron chi connectivity index (χ2n) is 14.4. The Kier molecular flexibility index (Phi) is 26.8. The second-order valence-corrected chi connectivity index (χ2v) is 14.4. The number of hydrogen-bond donors (Lipinski definition) is 2. The van der Waals surface area contributed by atoms with E-state index in [2.05, 4.69) is 10.6 Å². The van der Waals surface area contributed by atoms with Crippen LogP contribution >= 0.6 is 0 Å². The predicted molar refractivity (Wildman–Crippen MR) is 187 cm³/mol. The minimum absolute atomic E-state index is 0.0286. The molecule has 0 radical (unpaired) electrons. The monoisotopic (exact) mass is 684 g/mol. The molecule has 11 heteroatoms. The molecule has 0 aromatic rings. The van der Waals surface area contributed by atoms with Crippen molar-refractivity contribution in [3.63, 3.8) is 0 Å². The van der Waals surface area contributed by atoms with Gasteiger partial charge in [-0.1, -0.05) is 77.0 Å². The molecule has 0 spiro atoms. The first kappa shape index (κ1) is 45.5. The lowest BCUT2D eigenvalue weighted by Gasteiger charge is -2.24. The first-order valence-electron chi connectivity index (χ1n) is 18.3. The van der Waals surface area contributed by atoms with Gasteiger partial charge in [0.15, 0.2) is 0 Å². The number of carbonyl (C=O) groups is 5. The van der Waals surface area contributed by atoms with Crippen LogP contribution in [0.3, 0.4) is 0 Å². The van der Waals surface area contributed by atoms with Crippen molar-refractivity contribution in [3.8, 4) is 0 Å². The van der Waals surface area contributed by atoms with Gasteiger partial charge in [0.2, 0.25) is 11.8 Å². The molecule has 280 valence electrons. The van der Waals surface area contributed by atoms with Crippen LogP contribution in [-0.2, 0) is 42.9 Å². The summed E-state index contributed by atoms with van der Waals surface area (Å²) in [6.45, 7) is 12.2. The number of ether oxygens (including phenoxy) is 4. The Labute approximate surface area is 290 Å². The molecule has 0 aliphatic heterocycles. The largest absolute Gasteiger partial charge is 0.460 e. The van der Waals surface area contributed by atoms with Gasteiger partial charge in [-0.3, -0.25) is 14.4 Å². The second kappa shape index (κ2) is 28.3. The van der Waals surface area contributed by atoms with Crippen molar-refractivity contribution >= 4 is 30.0 Å². The molecule has 0 unspecified atom stereocenters. The van der Waals surface area contributed by atoms with E-state index in [-0.39, 0.29) is 37.2 Å². The molecule has 0 aliphatic rings. The highest BCUT2D eigenvalue weighted by Gasteiger charge is 2.27. The van der Waals surface area contributed by atoms with E-state index in [4.69, 9.17) is 18.9 Å². The minimum Gasteiger partial charge on any atom is -0.460 e. The quantitative estimate of drug-likeness (QED) is 0.0490. The summed E-state index contributed by atoms with van der Waals surface area (Å²) in [6.07, 6.45) is 17.6. The van der Waals surface area contributed by atoms with Crippen LogP contribution in [0, 0.1) is 0 Å². The van der Waals surface area contributed by atoms with Crippen LogP contribution < -0.4 is 10.6 Å². The van der Waals surface area contributed by atoms with Gasteiger partial charge in [-0.2, -0.15) is 0 Å². The summed E-state index contributed by atoms with van der Waals surface area (Å²) in [6, 6.07) is -0.891. The average molecular weight is 685 g/mol. The molecule has 0 aromatic carbocycles. The lowest BCUT2D eigenvalue weighted by molar-refractivity contribution is -0.159. The van der Waals surface area contributed by atoms with Gasteiger partial charge in [0.1, 0.15) is 30.1 Å². The fourth-order valence-corrected chi connectivity index (χ4v) is 4.93. The van der Waals surface area contributed by atoms with E-state index in [1.54, 1.807) is 20.8 Å². The Morgan fingerprint density at radius 1 is 0.583 bits per heavy atom. The maximum absolute atomic E-state index is 12.7. The maximum Gasteiger partial charge on any atom is 0.329 e. The summed E-state index contributed by atoms with van der Waals surface area (Å²) in [7, 11) is 0. The zero-order valence-electron chi connectivity index (χ0n) is 31.1. The van der Waals surface area contributed by atoms with E-state index in [1.807, 2.05) is 20.8 Å². The van der Waals surface area contributed by atoms with Crippen LogP contribution in [0.1, 0.15) is 157 Å². The molecule has 0 saturated heterocycles. The predicted octanol–water partition coefficient (Wildman–Crippen LogP) is 6.52. The van der Waals surface area contributed by atoms with E-state index in [1.165, 1.54) is 51.4 Å². The third kappa shape index (κ3) is 32.0. The molecule has 0 aliphatic carbocycles. The molecule has 0 rings (SSSR count). The number of nitrogens with one attached hydrogen (secondary N) is 2. The molecule has 2 amide bonds. The third-order valence-corrected chi connectivity index (χ3v) is 7.27. The fourth-order valence-electron chi connectivity index (χ4n) is 4.93. The summed E-state index contributed by atoms with van der Waals surface area (Å²) >= 11 is 0. The van der Waals surface area contributed by atoms with Gasteiger partial charge in [-0.15, -0.1) is 0 Å². The summed E-state index contributed by atoms with van der Waals surface area (Å²) in [5.41, 5.74) is -1.11. The Hall–Kier alpha value is -2.53. The van der Waals surface area contributed by atoms with Crippen LogP contribution in [0.15, 0.2) is 0 Å². The average Bonchev–Trinajstić information content (AvgIpc) is 2.98. The lowest BCUT2D eigenvalue weighted by atomic mass is 10.0. The SMILES string of the molecule is CC(C)(C)OC(=O)CCCCCCCCCCCCCCCCC(=O)N[C@@H](CCC(=O)NCCOCCOCC=O)C(=O)OC(C)(C)C. The van der Waals surface area contributed by atoms with Crippen molar-refractivity contribution in [2.45, 2.75) is 174 Å². The molecule has 2 N–H and O–H groups in total. The fraction of sp³-hybridized carbons (Fsp3) is 0.865. The Bertz CT molecular complexity index is 881. The molecular formula is C37H68N2O9. The Balaban J connectivity index is 3.98. The summed E-state index contributed by atoms with van der Waals surface area (Å²) in [4.78, 5) is 59.6. The van der Waals surface area contributed by atoms with Crippen LogP contribution in [-0.4, -0.2) is 80.3 Å². The highest BCUT2D eigenvalue weighted by molar-refractivity contribution is 5.85. The smallest absolute Gasteiger partial charge is 0.329 e. The maximum atomic E-state index is 12.7. The first-order valence-corrected chi connectivity index (χ1v) is 18.3. The zero-order valence-corrected chi connectivity index (χ0v) is 31.1. The van der Waals surface area contributed by atoms with Gasteiger partial charge in [0.05, 0.1) is 19.8 Å². The first-order chi connectivity index (χ1) is 22.7. The third-order valence-electron chi connectivity index (χ3n) is 7.27. The van der Waals surface area contributed by atoms with Gasteiger partial charge in [-0.25, -0.2) is 4.79 Å². The van der Waals surface area contributed by atoms with Gasteiger partial charge >= 0.3 is 11.9 Å².